The van der Waals surface area contributed by atoms with Gasteiger partial charge >= 0.3 is 0 Å². The quantitative estimate of drug-likeness (QED) is 0.757. The third-order valence-corrected chi connectivity index (χ3v) is 4.61. The lowest BCUT2D eigenvalue weighted by molar-refractivity contribution is -0.120. The first kappa shape index (κ1) is 12.5. The van der Waals surface area contributed by atoms with Crippen molar-refractivity contribution in [2.24, 2.45) is 0 Å². The van der Waals surface area contributed by atoms with Gasteiger partial charge in [0.25, 0.3) is 0 Å². The maximum Gasteiger partial charge on any atom is 0.245 e. The van der Waals surface area contributed by atoms with Crippen LogP contribution in [0.4, 0.5) is 0 Å². The molecule has 1 fully saturated rings. The molecule has 1 aliphatic rings. The number of sulfonamides is 1. The number of ketones is 1. The van der Waals surface area contributed by atoms with Gasteiger partial charge in [-0.25, -0.2) is 13.4 Å². The molecular formula is C10H11ClN2O3S. The number of nitrogens with zero attached hydrogens (tertiary/aromatic N) is 2. The highest BCUT2D eigenvalue weighted by Gasteiger charge is 2.29. The summed E-state index contributed by atoms with van der Waals surface area (Å²) in [6.45, 7) is 0.321. The molecule has 5 nitrogen and oxygen atoms in total. The number of piperidine rings is 1. The summed E-state index contributed by atoms with van der Waals surface area (Å²) in [6, 6.07) is 2.81. The van der Waals surface area contributed by atoms with Crippen molar-refractivity contribution in [2.45, 2.75) is 17.7 Å². The van der Waals surface area contributed by atoms with Crippen LogP contribution in [0.1, 0.15) is 12.8 Å². The van der Waals surface area contributed by atoms with Crippen molar-refractivity contribution in [3.63, 3.8) is 0 Å². The van der Waals surface area contributed by atoms with Crippen LogP contribution in [0.2, 0.25) is 5.15 Å². The lowest BCUT2D eigenvalue weighted by Crippen LogP contribution is -2.40. The molecule has 1 saturated heterocycles. The van der Waals surface area contributed by atoms with Crippen LogP contribution in [-0.4, -0.2) is 36.6 Å². The average molecular weight is 275 g/mol. The maximum absolute atomic E-state index is 12.1. The van der Waals surface area contributed by atoms with Crippen LogP contribution >= 0.6 is 11.6 Å². The first-order valence-corrected chi connectivity index (χ1v) is 6.95. The standard InChI is InChI=1S/C10H11ClN2O3S/c11-10-4-3-9(6-12-10)17(15,16)13-5-1-2-8(14)7-13/h3-4,6H,1-2,5,7H2. The van der Waals surface area contributed by atoms with E-state index in [9.17, 15) is 13.2 Å². The Bertz CT molecular complexity index is 527. The molecule has 0 radical (unpaired) electrons. The Morgan fingerprint density at radius 2 is 2.12 bits per heavy atom. The van der Waals surface area contributed by atoms with E-state index < -0.39 is 10.0 Å². The van der Waals surface area contributed by atoms with Gasteiger partial charge in [-0.3, -0.25) is 4.79 Å². The zero-order valence-corrected chi connectivity index (χ0v) is 10.5. The van der Waals surface area contributed by atoms with Crippen molar-refractivity contribution in [3.05, 3.63) is 23.5 Å². The minimum absolute atomic E-state index is 0.0506. The summed E-state index contributed by atoms with van der Waals surface area (Å²) in [6.07, 6.45) is 2.22. The van der Waals surface area contributed by atoms with Gasteiger partial charge in [-0.15, -0.1) is 0 Å². The van der Waals surface area contributed by atoms with E-state index >= 15 is 0 Å². The number of halogens is 1. The molecule has 0 atom stereocenters. The maximum atomic E-state index is 12.1. The molecule has 2 rings (SSSR count). The molecule has 0 amide bonds. The van der Waals surface area contributed by atoms with Gasteiger partial charge in [0.2, 0.25) is 10.0 Å². The van der Waals surface area contributed by atoms with Gasteiger partial charge in [0.1, 0.15) is 15.8 Å². The Kier molecular flexibility index (Phi) is 3.46. The van der Waals surface area contributed by atoms with Gasteiger partial charge < -0.3 is 0 Å². The Morgan fingerprint density at radius 1 is 1.35 bits per heavy atom. The van der Waals surface area contributed by atoms with Gasteiger partial charge in [0, 0.05) is 19.2 Å². The van der Waals surface area contributed by atoms with E-state index in [2.05, 4.69) is 4.98 Å². The Hall–Kier alpha value is -0.980. The second-order valence-corrected chi connectivity index (χ2v) is 6.12. The number of aromatic nitrogens is 1. The minimum Gasteiger partial charge on any atom is -0.298 e. The number of pyridine rings is 1. The van der Waals surface area contributed by atoms with Crippen molar-refractivity contribution in [1.29, 1.82) is 0 Å². The summed E-state index contributed by atoms with van der Waals surface area (Å²) in [5.74, 6) is -0.0539. The van der Waals surface area contributed by atoms with Crippen LogP contribution in [0.3, 0.4) is 0 Å². The third-order valence-electron chi connectivity index (χ3n) is 2.55. The molecule has 0 bridgehead atoms. The Labute approximate surface area is 104 Å². The number of Topliss-reactive ketones (excluding diaryl/α,β-unsaturated/α-hetero) is 1. The molecule has 1 aromatic rings. The SMILES string of the molecule is O=C1CCCN(S(=O)(=O)c2ccc(Cl)nc2)C1. The first-order valence-electron chi connectivity index (χ1n) is 5.13. The fourth-order valence-corrected chi connectivity index (χ4v) is 3.20. The van der Waals surface area contributed by atoms with E-state index in [1.54, 1.807) is 0 Å². The van der Waals surface area contributed by atoms with Gasteiger partial charge in [-0.05, 0) is 18.6 Å². The summed E-state index contributed by atoms with van der Waals surface area (Å²) in [7, 11) is -3.62. The largest absolute Gasteiger partial charge is 0.298 e. The van der Waals surface area contributed by atoms with E-state index in [0.717, 1.165) is 0 Å². The molecule has 1 aromatic heterocycles. The van der Waals surface area contributed by atoms with Crippen LogP contribution in [0.15, 0.2) is 23.2 Å². The van der Waals surface area contributed by atoms with E-state index in [1.165, 1.54) is 22.6 Å². The predicted molar refractivity (Wildman–Crippen MR) is 62.2 cm³/mol. The van der Waals surface area contributed by atoms with E-state index in [1.807, 2.05) is 0 Å². The lowest BCUT2D eigenvalue weighted by atomic mass is 10.1. The average Bonchev–Trinajstić information content (AvgIpc) is 2.29. The van der Waals surface area contributed by atoms with Crippen molar-refractivity contribution in [1.82, 2.24) is 9.29 Å². The Balaban J connectivity index is 2.29. The minimum atomic E-state index is -3.62. The fraction of sp³-hybridized carbons (Fsp3) is 0.400. The van der Waals surface area contributed by atoms with E-state index in [4.69, 9.17) is 11.6 Å². The predicted octanol–water partition coefficient (Wildman–Crippen LogP) is 1.09. The monoisotopic (exact) mass is 274 g/mol. The zero-order chi connectivity index (χ0) is 12.5. The van der Waals surface area contributed by atoms with Crippen LogP contribution in [0.25, 0.3) is 0 Å². The van der Waals surface area contributed by atoms with Gasteiger partial charge in [-0.1, -0.05) is 11.6 Å². The van der Waals surface area contributed by atoms with Crippen LogP contribution in [-0.2, 0) is 14.8 Å². The highest BCUT2D eigenvalue weighted by Crippen LogP contribution is 2.19. The number of carbonyl (C=O) groups excluding carboxylic acids is 1. The van der Waals surface area contributed by atoms with Gasteiger partial charge in [0.15, 0.2) is 0 Å². The van der Waals surface area contributed by atoms with E-state index in [-0.39, 0.29) is 22.4 Å². The number of rotatable bonds is 2. The lowest BCUT2D eigenvalue weighted by Gasteiger charge is -2.24. The summed E-state index contributed by atoms with van der Waals surface area (Å²) >= 11 is 5.60. The van der Waals surface area contributed by atoms with Crippen LogP contribution < -0.4 is 0 Å². The van der Waals surface area contributed by atoms with Gasteiger partial charge in [0.05, 0.1) is 6.54 Å². The molecule has 92 valence electrons. The van der Waals surface area contributed by atoms with E-state index in [0.29, 0.717) is 19.4 Å². The molecule has 0 N–H and O–H groups in total. The van der Waals surface area contributed by atoms with Crippen molar-refractivity contribution in [3.8, 4) is 0 Å². The van der Waals surface area contributed by atoms with Crippen LogP contribution in [0.5, 0.6) is 0 Å². The highest BCUT2D eigenvalue weighted by molar-refractivity contribution is 7.89. The normalized spacial score (nSPS) is 18.3. The summed E-state index contributed by atoms with van der Waals surface area (Å²) in [4.78, 5) is 15.1. The molecular weight excluding hydrogens is 264 g/mol. The molecule has 0 aromatic carbocycles. The number of carbonyl (C=O) groups is 1. The molecule has 0 unspecified atom stereocenters. The number of hydrogen-bond donors (Lipinski definition) is 0. The highest BCUT2D eigenvalue weighted by atomic mass is 35.5. The Morgan fingerprint density at radius 3 is 2.71 bits per heavy atom. The molecule has 7 heteroatoms. The molecule has 0 saturated carbocycles. The molecule has 0 aliphatic carbocycles. The molecule has 0 spiro atoms. The molecule has 2 heterocycles. The first-order chi connectivity index (χ1) is 8.00. The summed E-state index contributed by atoms with van der Waals surface area (Å²) < 4.78 is 25.5. The van der Waals surface area contributed by atoms with Crippen LogP contribution in [0, 0.1) is 0 Å². The second kappa shape index (κ2) is 4.72. The van der Waals surface area contributed by atoms with Crippen molar-refractivity contribution < 1.29 is 13.2 Å². The van der Waals surface area contributed by atoms with Gasteiger partial charge in [-0.2, -0.15) is 4.31 Å². The zero-order valence-electron chi connectivity index (χ0n) is 8.97. The van der Waals surface area contributed by atoms with Crippen molar-refractivity contribution >= 4 is 27.4 Å². The summed E-state index contributed by atoms with van der Waals surface area (Å²) in [5, 5.41) is 0.235. The smallest absolute Gasteiger partial charge is 0.245 e. The second-order valence-electron chi connectivity index (χ2n) is 3.80. The fourth-order valence-electron chi connectivity index (χ4n) is 1.68. The topological polar surface area (TPSA) is 67.3 Å². The summed E-state index contributed by atoms with van der Waals surface area (Å²) in [5.41, 5.74) is 0. The third kappa shape index (κ3) is 2.65. The molecule has 17 heavy (non-hydrogen) atoms. The van der Waals surface area contributed by atoms with Crippen molar-refractivity contribution in [2.75, 3.05) is 13.1 Å². The number of hydrogen-bond acceptors (Lipinski definition) is 4. The molecule has 1 aliphatic heterocycles.